The van der Waals surface area contributed by atoms with E-state index >= 15 is 0 Å². The van der Waals surface area contributed by atoms with Crippen LogP contribution in [0.25, 0.3) is 0 Å². The summed E-state index contributed by atoms with van der Waals surface area (Å²) in [4.78, 5) is 15.9. The predicted octanol–water partition coefficient (Wildman–Crippen LogP) is 2.18. The number of aryl methyl sites for hydroxylation is 1. The van der Waals surface area contributed by atoms with E-state index in [1.807, 2.05) is 6.92 Å². The zero-order chi connectivity index (χ0) is 11.5. The summed E-state index contributed by atoms with van der Waals surface area (Å²) in [5.41, 5.74) is 0.988. The number of hydrogen-bond acceptors (Lipinski definition) is 3. The molecule has 0 N–H and O–H groups in total. The summed E-state index contributed by atoms with van der Waals surface area (Å²) in [7, 11) is 0. The van der Waals surface area contributed by atoms with Crippen molar-refractivity contribution in [2.45, 2.75) is 13.5 Å². The van der Waals surface area contributed by atoms with Crippen LogP contribution in [0, 0.1) is 0 Å². The fourth-order valence-electron chi connectivity index (χ4n) is 1.37. The maximum atomic E-state index is 12.0. The molecule has 0 saturated heterocycles. The van der Waals surface area contributed by atoms with Gasteiger partial charge in [0.25, 0.3) is 0 Å². The van der Waals surface area contributed by atoms with Crippen molar-refractivity contribution in [2.24, 2.45) is 0 Å². The number of carbonyl (C=O) groups is 1. The summed E-state index contributed by atoms with van der Waals surface area (Å²) in [6.07, 6.45) is 6.25. The first-order valence-electron chi connectivity index (χ1n) is 4.89. The minimum Gasteiger partial charge on any atom is -0.288 e. The highest BCUT2D eigenvalue weighted by Gasteiger charge is 2.14. The number of carbonyl (C=O) groups excluding carboxylic acids is 1. The summed E-state index contributed by atoms with van der Waals surface area (Å²) in [5, 5.41) is 4.41. The number of aromatic nitrogens is 3. The molecular formula is C11H10ClN3O. The second kappa shape index (κ2) is 4.45. The molecule has 0 fully saturated rings. The lowest BCUT2D eigenvalue weighted by atomic mass is 10.1. The van der Waals surface area contributed by atoms with E-state index in [1.165, 1.54) is 6.20 Å². The van der Waals surface area contributed by atoms with Crippen LogP contribution in [0.3, 0.4) is 0 Å². The van der Waals surface area contributed by atoms with Gasteiger partial charge in [-0.1, -0.05) is 11.6 Å². The fourth-order valence-corrected chi connectivity index (χ4v) is 1.57. The van der Waals surface area contributed by atoms with E-state index in [0.717, 1.165) is 6.54 Å². The summed E-state index contributed by atoms with van der Waals surface area (Å²) < 4.78 is 1.70. The van der Waals surface area contributed by atoms with Crippen LogP contribution >= 0.6 is 11.6 Å². The van der Waals surface area contributed by atoms with Gasteiger partial charge in [0.1, 0.15) is 0 Å². The second-order valence-corrected chi connectivity index (χ2v) is 3.68. The fraction of sp³-hybridized carbons (Fsp3) is 0.182. The van der Waals surface area contributed by atoms with E-state index in [-0.39, 0.29) is 5.78 Å². The van der Waals surface area contributed by atoms with Gasteiger partial charge in [0.2, 0.25) is 0 Å². The molecule has 0 spiro atoms. The Balaban J connectivity index is 2.35. The smallest absolute Gasteiger partial charge is 0.197 e. The molecule has 82 valence electrons. The zero-order valence-corrected chi connectivity index (χ0v) is 9.48. The molecule has 2 heterocycles. The lowest BCUT2D eigenvalue weighted by Crippen LogP contribution is -2.01. The Labute approximate surface area is 97.9 Å². The Kier molecular flexibility index (Phi) is 3.01. The predicted molar refractivity (Wildman–Crippen MR) is 60.6 cm³/mol. The normalized spacial score (nSPS) is 10.4. The highest BCUT2D eigenvalue weighted by molar-refractivity contribution is 6.34. The Hall–Kier alpha value is -1.68. The summed E-state index contributed by atoms with van der Waals surface area (Å²) in [6.45, 7) is 2.69. The Bertz CT molecular complexity index is 521. The Morgan fingerprint density at radius 1 is 1.50 bits per heavy atom. The molecule has 0 saturated carbocycles. The molecule has 2 rings (SSSR count). The lowest BCUT2D eigenvalue weighted by molar-refractivity contribution is 0.103. The molecule has 0 amide bonds. The highest BCUT2D eigenvalue weighted by atomic mass is 35.5. The highest BCUT2D eigenvalue weighted by Crippen LogP contribution is 2.17. The summed E-state index contributed by atoms with van der Waals surface area (Å²) >= 11 is 5.90. The van der Waals surface area contributed by atoms with Gasteiger partial charge in [0.05, 0.1) is 16.8 Å². The number of rotatable bonds is 3. The van der Waals surface area contributed by atoms with E-state index in [4.69, 9.17) is 11.6 Å². The largest absolute Gasteiger partial charge is 0.288 e. The molecule has 0 unspecified atom stereocenters. The van der Waals surface area contributed by atoms with Crippen LogP contribution in [0.4, 0.5) is 0 Å². The molecule has 16 heavy (non-hydrogen) atoms. The van der Waals surface area contributed by atoms with Gasteiger partial charge in [0, 0.05) is 30.7 Å². The Morgan fingerprint density at radius 3 is 2.94 bits per heavy atom. The third kappa shape index (κ3) is 1.97. The number of ketones is 1. The van der Waals surface area contributed by atoms with Crippen molar-refractivity contribution in [3.05, 3.63) is 47.0 Å². The molecule has 5 heteroatoms. The lowest BCUT2D eigenvalue weighted by Gasteiger charge is -1.99. The number of halogens is 1. The van der Waals surface area contributed by atoms with Gasteiger partial charge in [-0.3, -0.25) is 14.5 Å². The minimum atomic E-state index is -0.132. The first kappa shape index (κ1) is 10.8. The number of nitrogens with zero attached hydrogens (tertiary/aromatic N) is 3. The van der Waals surface area contributed by atoms with Crippen LogP contribution in [-0.4, -0.2) is 20.5 Å². The molecule has 0 aromatic carbocycles. The third-order valence-corrected chi connectivity index (χ3v) is 2.54. The molecule has 0 aliphatic heterocycles. The van der Waals surface area contributed by atoms with Crippen LogP contribution in [-0.2, 0) is 6.54 Å². The molecule has 0 bridgehead atoms. The monoisotopic (exact) mass is 235 g/mol. The quantitative estimate of drug-likeness (QED) is 0.767. The van der Waals surface area contributed by atoms with Gasteiger partial charge >= 0.3 is 0 Å². The maximum absolute atomic E-state index is 12.0. The van der Waals surface area contributed by atoms with Crippen molar-refractivity contribution in [3.63, 3.8) is 0 Å². The van der Waals surface area contributed by atoms with Crippen molar-refractivity contribution >= 4 is 17.4 Å². The van der Waals surface area contributed by atoms with Crippen molar-refractivity contribution in [3.8, 4) is 0 Å². The maximum Gasteiger partial charge on any atom is 0.197 e. The average molecular weight is 236 g/mol. The molecule has 4 nitrogen and oxygen atoms in total. The van der Waals surface area contributed by atoms with E-state index in [9.17, 15) is 4.79 Å². The van der Waals surface area contributed by atoms with Crippen molar-refractivity contribution < 1.29 is 4.79 Å². The minimum absolute atomic E-state index is 0.132. The van der Waals surface area contributed by atoms with E-state index < -0.39 is 0 Å². The van der Waals surface area contributed by atoms with Gasteiger partial charge < -0.3 is 0 Å². The molecule has 2 aromatic heterocycles. The van der Waals surface area contributed by atoms with Crippen LogP contribution < -0.4 is 0 Å². The topological polar surface area (TPSA) is 47.8 Å². The second-order valence-electron chi connectivity index (χ2n) is 3.27. The van der Waals surface area contributed by atoms with Crippen molar-refractivity contribution in [1.82, 2.24) is 14.8 Å². The summed E-state index contributed by atoms with van der Waals surface area (Å²) in [5.74, 6) is -0.132. The van der Waals surface area contributed by atoms with Crippen molar-refractivity contribution in [2.75, 3.05) is 0 Å². The molecule has 0 aliphatic rings. The van der Waals surface area contributed by atoms with Crippen molar-refractivity contribution in [1.29, 1.82) is 0 Å². The van der Waals surface area contributed by atoms with Gasteiger partial charge in [-0.2, -0.15) is 5.10 Å². The van der Waals surface area contributed by atoms with Crippen LogP contribution in [0.15, 0.2) is 30.9 Å². The van der Waals surface area contributed by atoms with Crippen LogP contribution in [0.5, 0.6) is 0 Å². The van der Waals surface area contributed by atoms with E-state index in [2.05, 4.69) is 10.1 Å². The third-order valence-electron chi connectivity index (χ3n) is 2.24. The van der Waals surface area contributed by atoms with E-state index in [0.29, 0.717) is 16.1 Å². The first-order chi connectivity index (χ1) is 7.72. The van der Waals surface area contributed by atoms with Crippen LogP contribution in [0.1, 0.15) is 22.8 Å². The van der Waals surface area contributed by atoms with Gasteiger partial charge in [-0.15, -0.1) is 0 Å². The average Bonchev–Trinajstić information content (AvgIpc) is 2.77. The van der Waals surface area contributed by atoms with E-state index in [1.54, 1.807) is 29.3 Å². The van der Waals surface area contributed by atoms with Gasteiger partial charge in [-0.05, 0) is 13.0 Å². The SMILES string of the molecule is CCn1cc(C(=O)c2ccncc2Cl)cn1. The Morgan fingerprint density at radius 2 is 2.31 bits per heavy atom. The molecule has 0 atom stereocenters. The van der Waals surface area contributed by atoms with Gasteiger partial charge in [-0.25, -0.2) is 0 Å². The van der Waals surface area contributed by atoms with Crippen LogP contribution in [0.2, 0.25) is 5.02 Å². The number of pyridine rings is 1. The van der Waals surface area contributed by atoms with Gasteiger partial charge in [0.15, 0.2) is 5.78 Å². The zero-order valence-electron chi connectivity index (χ0n) is 8.72. The number of hydrogen-bond donors (Lipinski definition) is 0. The first-order valence-corrected chi connectivity index (χ1v) is 5.27. The molecule has 0 radical (unpaired) electrons. The summed E-state index contributed by atoms with van der Waals surface area (Å²) in [6, 6.07) is 1.61. The molecule has 0 aliphatic carbocycles. The molecule has 2 aromatic rings. The molecular weight excluding hydrogens is 226 g/mol. The standard InChI is InChI=1S/C11H10ClN3O/c1-2-15-7-8(5-14-15)11(16)9-3-4-13-6-10(9)12/h3-7H,2H2,1H3.